The summed E-state index contributed by atoms with van der Waals surface area (Å²) in [6.45, 7) is 4.40. The van der Waals surface area contributed by atoms with Gasteiger partial charge < -0.3 is 0 Å². The van der Waals surface area contributed by atoms with E-state index in [0.717, 1.165) is 24.1 Å². The van der Waals surface area contributed by atoms with Crippen LogP contribution < -0.4 is 5.56 Å². The van der Waals surface area contributed by atoms with Crippen LogP contribution in [0.2, 0.25) is 5.02 Å². The maximum absolute atomic E-state index is 12.9. The average Bonchev–Trinajstić information content (AvgIpc) is 3.00. The van der Waals surface area contributed by atoms with Gasteiger partial charge in [-0.15, -0.1) is 0 Å². The summed E-state index contributed by atoms with van der Waals surface area (Å²) in [4.78, 5) is 28.3. The lowest BCUT2D eigenvalue weighted by atomic mass is 9.90. The van der Waals surface area contributed by atoms with E-state index >= 15 is 0 Å². The molecule has 0 fully saturated rings. The van der Waals surface area contributed by atoms with E-state index in [1.54, 1.807) is 4.52 Å². The second kappa shape index (κ2) is 5.01. The fourth-order valence-corrected chi connectivity index (χ4v) is 3.60. The van der Waals surface area contributed by atoms with Gasteiger partial charge in [-0.1, -0.05) is 25.4 Å². The largest absolute Gasteiger partial charge is 0.298 e. The molecular weight excluding hydrogens is 328 g/mol. The molecule has 0 saturated carbocycles. The SMILES string of the molecule is CC1(C)Cc2cc3c(=O)n(-c4nccc(Cl)c4C=O)cnn3c2C1. The first kappa shape index (κ1) is 15.1. The molecule has 1 aliphatic rings. The Kier molecular flexibility index (Phi) is 3.15. The van der Waals surface area contributed by atoms with E-state index in [-0.39, 0.29) is 27.4 Å². The van der Waals surface area contributed by atoms with Crippen molar-refractivity contribution in [2.45, 2.75) is 26.7 Å². The molecular formula is C17H15ClN4O2. The molecule has 3 heterocycles. The fourth-order valence-electron chi connectivity index (χ4n) is 3.42. The van der Waals surface area contributed by atoms with Crippen molar-refractivity contribution in [3.8, 4) is 5.82 Å². The number of aromatic nitrogens is 4. The Morgan fingerprint density at radius 3 is 2.88 bits per heavy atom. The van der Waals surface area contributed by atoms with Gasteiger partial charge in [0.2, 0.25) is 0 Å². The highest BCUT2D eigenvalue weighted by atomic mass is 35.5. The van der Waals surface area contributed by atoms with Crippen molar-refractivity contribution in [3.05, 3.63) is 56.9 Å². The van der Waals surface area contributed by atoms with Crippen LogP contribution in [0, 0.1) is 5.41 Å². The minimum atomic E-state index is -0.268. The second-order valence-electron chi connectivity index (χ2n) is 6.89. The lowest BCUT2D eigenvalue weighted by molar-refractivity contribution is 0.112. The average molecular weight is 343 g/mol. The zero-order valence-electron chi connectivity index (χ0n) is 13.3. The predicted molar refractivity (Wildman–Crippen MR) is 90.2 cm³/mol. The highest BCUT2D eigenvalue weighted by molar-refractivity contribution is 6.33. The summed E-state index contributed by atoms with van der Waals surface area (Å²) < 4.78 is 2.97. The minimum absolute atomic E-state index is 0.174. The fraction of sp³-hybridized carbons (Fsp3) is 0.294. The van der Waals surface area contributed by atoms with E-state index < -0.39 is 0 Å². The molecule has 0 aromatic carbocycles. The molecule has 0 unspecified atom stereocenters. The first-order chi connectivity index (χ1) is 11.4. The number of carbonyl (C=O) groups is 1. The Morgan fingerprint density at radius 1 is 1.33 bits per heavy atom. The van der Waals surface area contributed by atoms with Crippen molar-refractivity contribution in [2.75, 3.05) is 0 Å². The van der Waals surface area contributed by atoms with E-state index in [1.165, 1.54) is 23.2 Å². The van der Waals surface area contributed by atoms with Gasteiger partial charge in [0.25, 0.3) is 5.56 Å². The van der Waals surface area contributed by atoms with Crippen molar-refractivity contribution in [1.82, 2.24) is 19.2 Å². The molecule has 1 aliphatic carbocycles. The standard InChI is InChI=1S/C17H15ClN4O2/c1-17(2)6-10-5-13-16(24)21(9-20-22(13)14(10)7-17)15-11(8-23)12(18)3-4-19-15/h3-5,8-9H,6-7H2,1-2H3. The molecule has 0 amide bonds. The first-order valence-electron chi connectivity index (χ1n) is 7.62. The third-order valence-electron chi connectivity index (χ3n) is 4.46. The summed E-state index contributed by atoms with van der Waals surface area (Å²) >= 11 is 6.03. The van der Waals surface area contributed by atoms with Gasteiger partial charge in [-0.25, -0.2) is 14.1 Å². The molecule has 0 bridgehead atoms. The third-order valence-corrected chi connectivity index (χ3v) is 4.79. The van der Waals surface area contributed by atoms with Crippen LogP contribution in [-0.4, -0.2) is 25.5 Å². The second-order valence-corrected chi connectivity index (χ2v) is 7.29. The molecule has 122 valence electrons. The normalized spacial score (nSPS) is 15.6. The molecule has 6 nitrogen and oxygen atoms in total. The lowest BCUT2D eigenvalue weighted by Gasteiger charge is -2.16. The van der Waals surface area contributed by atoms with E-state index in [0.29, 0.717) is 11.8 Å². The molecule has 3 aromatic heterocycles. The maximum Gasteiger partial charge on any atom is 0.283 e. The number of halogens is 1. The molecule has 4 rings (SSSR count). The number of aldehydes is 1. The first-order valence-corrected chi connectivity index (χ1v) is 8.00. The highest BCUT2D eigenvalue weighted by Crippen LogP contribution is 2.37. The van der Waals surface area contributed by atoms with Crippen LogP contribution in [0.4, 0.5) is 0 Å². The zero-order chi connectivity index (χ0) is 17.1. The number of rotatable bonds is 2. The smallest absolute Gasteiger partial charge is 0.283 e. The molecule has 0 N–H and O–H groups in total. The molecule has 0 atom stereocenters. The number of carbonyl (C=O) groups excluding carboxylic acids is 1. The third kappa shape index (κ3) is 2.10. The number of hydrogen-bond acceptors (Lipinski definition) is 4. The van der Waals surface area contributed by atoms with Crippen LogP contribution in [0.5, 0.6) is 0 Å². The predicted octanol–water partition coefficient (Wildman–Crippen LogP) is 2.47. The van der Waals surface area contributed by atoms with Crippen LogP contribution >= 0.6 is 11.6 Å². The summed E-state index contributed by atoms with van der Waals surface area (Å²) in [5, 5.41) is 4.65. The van der Waals surface area contributed by atoms with E-state index in [4.69, 9.17) is 11.6 Å². The lowest BCUT2D eigenvalue weighted by Crippen LogP contribution is -2.24. The van der Waals surface area contributed by atoms with Crippen molar-refractivity contribution in [3.63, 3.8) is 0 Å². The summed E-state index contributed by atoms with van der Waals surface area (Å²) in [6.07, 6.45) is 5.25. The number of nitrogens with zero attached hydrogens (tertiary/aromatic N) is 4. The Morgan fingerprint density at radius 2 is 2.12 bits per heavy atom. The van der Waals surface area contributed by atoms with Gasteiger partial charge in [0.05, 0.1) is 10.6 Å². The van der Waals surface area contributed by atoms with E-state index in [9.17, 15) is 9.59 Å². The van der Waals surface area contributed by atoms with Gasteiger partial charge in [-0.2, -0.15) is 5.10 Å². The Labute approximate surface area is 142 Å². The summed E-state index contributed by atoms with van der Waals surface area (Å²) in [5.41, 5.74) is 2.80. The molecule has 0 saturated heterocycles. The van der Waals surface area contributed by atoms with Crippen LogP contribution in [0.25, 0.3) is 11.3 Å². The minimum Gasteiger partial charge on any atom is -0.298 e. The molecule has 0 spiro atoms. The van der Waals surface area contributed by atoms with Gasteiger partial charge >= 0.3 is 0 Å². The summed E-state index contributed by atoms with van der Waals surface area (Å²) in [7, 11) is 0. The van der Waals surface area contributed by atoms with Crippen molar-refractivity contribution < 1.29 is 4.79 Å². The Balaban J connectivity index is 1.95. The van der Waals surface area contributed by atoms with E-state index in [1.807, 2.05) is 6.07 Å². The quantitative estimate of drug-likeness (QED) is 0.671. The van der Waals surface area contributed by atoms with Crippen molar-refractivity contribution in [2.24, 2.45) is 5.41 Å². The van der Waals surface area contributed by atoms with Crippen LogP contribution in [0.3, 0.4) is 0 Å². The summed E-state index contributed by atoms with van der Waals surface area (Å²) in [6, 6.07) is 3.40. The van der Waals surface area contributed by atoms with Gasteiger partial charge in [0.15, 0.2) is 12.1 Å². The topological polar surface area (TPSA) is 69.3 Å². The van der Waals surface area contributed by atoms with Gasteiger partial charge in [-0.3, -0.25) is 9.59 Å². The number of hydrogen-bond donors (Lipinski definition) is 0. The van der Waals surface area contributed by atoms with Gasteiger partial charge in [0.1, 0.15) is 11.8 Å². The molecule has 24 heavy (non-hydrogen) atoms. The highest BCUT2D eigenvalue weighted by Gasteiger charge is 2.32. The molecule has 7 heteroatoms. The van der Waals surface area contributed by atoms with Crippen molar-refractivity contribution in [1.29, 1.82) is 0 Å². The maximum atomic E-state index is 12.9. The Bertz CT molecular complexity index is 1050. The van der Waals surface area contributed by atoms with Crippen LogP contribution in [-0.2, 0) is 12.8 Å². The molecule has 3 aromatic rings. The Hall–Kier alpha value is -2.47. The van der Waals surface area contributed by atoms with Crippen LogP contribution in [0.1, 0.15) is 35.5 Å². The molecule has 0 radical (unpaired) electrons. The number of pyridine rings is 1. The number of fused-ring (bicyclic) bond motifs is 3. The monoisotopic (exact) mass is 342 g/mol. The zero-order valence-corrected chi connectivity index (χ0v) is 14.0. The van der Waals surface area contributed by atoms with Gasteiger partial charge in [-0.05, 0) is 36.0 Å². The van der Waals surface area contributed by atoms with Crippen molar-refractivity contribution >= 4 is 23.4 Å². The van der Waals surface area contributed by atoms with Gasteiger partial charge in [0, 0.05) is 11.9 Å². The van der Waals surface area contributed by atoms with E-state index in [2.05, 4.69) is 23.9 Å². The summed E-state index contributed by atoms with van der Waals surface area (Å²) in [5.74, 6) is 0.194. The van der Waals surface area contributed by atoms with Crippen LogP contribution in [0.15, 0.2) is 29.5 Å². The molecule has 0 aliphatic heterocycles.